The van der Waals surface area contributed by atoms with Crippen LogP contribution in [-0.2, 0) is 0 Å². The van der Waals surface area contributed by atoms with Crippen molar-refractivity contribution in [1.82, 2.24) is 0 Å². The Morgan fingerprint density at radius 2 is 0.571 bits per heavy atom. The number of para-hydroxylation sites is 6. The number of hydrogen-bond donors (Lipinski definition) is 0. The zero-order valence-corrected chi connectivity index (χ0v) is 31.4. The summed E-state index contributed by atoms with van der Waals surface area (Å²) in [5, 5.41) is 4.84. The maximum Gasteiger partial charge on any atom is 0.0542 e. The number of hydrogen-bond acceptors (Lipinski definition) is 4. The maximum atomic E-state index is 2.44. The van der Waals surface area contributed by atoms with E-state index in [0.717, 1.165) is 51.2 Å². The van der Waals surface area contributed by atoms with Gasteiger partial charge in [0.1, 0.15) is 0 Å². The van der Waals surface area contributed by atoms with Crippen molar-refractivity contribution in [2.45, 2.75) is 0 Å². The van der Waals surface area contributed by atoms with Crippen LogP contribution in [0, 0.1) is 0 Å². The van der Waals surface area contributed by atoms with E-state index in [1.165, 1.54) is 30.9 Å². The zero-order valence-electron chi connectivity index (χ0n) is 30.6. The summed E-state index contributed by atoms with van der Waals surface area (Å²) in [6.07, 6.45) is 0. The Bertz CT molecular complexity index is 2780. The summed E-state index contributed by atoms with van der Waals surface area (Å²) in [4.78, 5) is 7.12. The smallest absolute Gasteiger partial charge is 0.0542 e. The summed E-state index contributed by atoms with van der Waals surface area (Å²) in [5.74, 6) is 0. The van der Waals surface area contributed by atoms with Crippen LogP contribution in [0.4, 0.5) is 51.2 Å². The Hall–Kier alpha value is -7.14. The summed E-state index contributed by atoms with van der Waals surface area (Å²) in [6.45, 7) is 0. The molecule has 1 aromatic heterocycles. The molecule has 4 heteroatoms. The second-order valence-corrected chi connectivity index (χ2v) is 14.9. The van der Waals surface area contributed by atoms with Gasteiger partial charge in [0.15, 0.2) is 0 Å². The lowest BCUT2D eigenvalue weighted by atomic mass is 10.00. The van der Waals surface area contributed by atoms with E-state index in [2.05, 4.69) is 239 Å². The van der Waals surface area contributed by atoms with Gasteiger partial charge in [-0.3, -0.25) is 0 Å². The summed E-state index contributed by atoms with van der Waals surface area (Å²) in [6, 6.07) is 80.5. The fourth-order valence-electron chi connectivity index (χ4n) is 7.87. The third-order valence-corrected chi connectivity index (χ3v) is 11.5. The lowest BCUT2D eigenvalue weighted by molar-refractivity contribution is 1.28. The molecule has 9 aromatic carbocycles. The summed E-state index contributed by atoms with van der Waals surface area (Å²) < 4.78 is 2.51. The molecule has 10 aromatic rings. The zero-order chi connectivity index (χ0) is 37.3. The summed E-state index contributed by atoms with van der Waals surface area (Å²) in [5.41, 5.74) is 10.0. The third kappa shape index (κ3) is 6.12. The van der Waals surface area contributed by atoms with Crippen LogP contribution in [0.15, 0.2) is 224 Å². The normalized spacial score (nSPS) is 11.2. The quantitative estimate of drug-likeness (QED) is 0.146. The number of nitrogens with zero attached hydrogens (tertiary/aromatic N) is 3. The van der Waals surface area contributed by atoms with Crippen molar-refractivity contribution in [2.75, 3.05) is 14.7 Å². The van der Waals surface area contributed by atoms with Crippen LogP contribution in [-0.4, -0.2) is 0 Å². The molecule has 0 N–H and O–H groups in total. The fraction of sp³-hybridized carbons (Fsp3) is 0. The highest BCUT2D eigenvalue weighted by atomic mass is 32.1. The van der Waals surface area contributed by atoms with Gasteiger partial charge in [-0.25, -0.2) is 0 Å². The van der Waals surface area contributed by atoms with Crippen LogP contribution in [0.2, 0.25) is 0 Å². The molecule has 0 unspecified atom stereocenters. The predicted molar refractivity (Wildman–Crippen MR) is 241 cm³/mol. The van der Waals surface area contributed by atoms with Crippen LogP contribution >= 0.6 is 11.3 Å². The lowest BCUT2D eigenvalue weighted by Crippen LogP contribution is -2.13. The van der Waals surface area contributed by atoms with Gasteiger partial charge in [0, 0.05) is 70.8 Å². The molecule has 10 rings (SSSR count). The topological polar surface area (TPSA) is 9.72 Å². The van der Waals surface area contributed by atoms with Gasteiger partial charge in [-0.2, -0.15) is 0 Å². The van der Waals surface area contributed by atoms with Crippen LogP contribution in [0.3, 0.4) is 0 Å². The molecule has 0 atom stereocenters. The van der Waals surface area contributed by atoms with Crippen LogP contribution in [0.25, 0.3) is 30.9 Å². The SMILES string of the molecule is c1ccc(N(c2ccccc2)c2ccc3sc4cc5c(N(c6ccccc6)c6ccccc6)ccc(N(c6ccccc6)c6ccccc6)c5cc4c3c2)cc1. The van der Waals surface area contributed by atoms with E-state index in [0.29, 0.717) is 0 Å². The number of anilines is 9. The molecule has 0 aliphatic rings. The second kappa shape index (κ2) is 14.6. The molecule has 0 aliphatic heterocycles. The summed E-state index contributed by atoms with van der Waals surface area (Å²) >= 11 is 1.86. The molecular formula is C52H37N3S. The van der Waals surface area contributed by atoms with Crippen LogP contribution < -0.4 is 14.7 Å². The van der Waals surface area contributed by atoms with Crippen molar-refractivity contribution >= 4 is 93.5 Å². The Balaban J connectivity index is 1.26. The number of fused-ring (bicyclic) bond motifs is 4. The highest BCUT2D eigenvalue weighted by Gasteiger charge is 2.23. The molecule has 56 heavy (non-hydrogen) atoms. The third-order valence-electron chi connectivity index (χ3n) is 10.4. The Morgan fingerprint density at radius 3 is 0.964 bits per heavy atom. The lowest BCUT2D eigenvalue weighted by Gasteiger charge is -2.30. The van der Waals surface area contributed by atoms with E-state index in [4.69, 9.17) is 0 Å². The van der Waals surface area contributed by atoms with Crippen LogP contribution in [0.5, 0.6) is 0 Å². The Labute approximate surface area is 331 Å². The molecule has 0 radical (unpaired) electrons. The van der Waals surface area contributed by atoms with E-state index in [9.17, 15) is 0 Å². The van der Waals surface area contributed by atoms with Crippen molar-refractivity contribution in [3.8, 4) is 0 Å². The molecule has 0 aliphatic carbocycles. The molecule has 1 heterocycles. The van der Waals surface area contributed by atoms with Gasteiger partial charge in [-0.1, -0.05) is 109 Å². The number of benzene rings is 9. The van der Waals surface area contributed by atoms with E-state index < -0.39 is 0 Å². The van der Waals surface area contributed by atoms with E-state index >= 15 is 0 Å². The van der Waals surface area contributed by atoms with Gasteiger partial charge in [0.05, 0.1) is 11.4 Å². The second-order valence-electron chi connectivity index (χ2n) is 13.8. The van der Waals surface area contributed by atoms with E-state index in [1.807, 2.05) is 11.3 Å². The van der Waals surface area contributed by atoms with E-state index in [-0.39, 0.29) is 0 Å². The molecule has 0 fully saturated rings. The molecule has 0 bridgehead atoms. The molecule has 0 amide bonds. The molecule has 3 nitrogen and oxygen atoms in total. The minimum atomic E-state index is 1.11. The fourth-order valence-corrected chi connectivity index (χ4v) is 8.97. The first-order valence-corrected chi connectivity index (χ1v) is 19.8. The predicted octanol–water partition coefficient (Wildman–Crippen LogP) is 15.6. The highest BCUT2D eigenvalue weighted by molar-refractivity contribution is 7.25. The molecule has 0 saturated heterocycles. The van der Waals surface area contributed by atoms with Gasteiger partial charge in [0.2, 0.25) is 0 Å². The standard InChI is InChI=1S/C52H37N3S/c1-7-19-38(20-8-1)53(39-21-9-2-10-22-39)44-31-34-51-47(35-44)48-36-45-46(37-52(48)56-51)50(55(42-27-15-5-16-28-42)43-29-17-6-18-30-43)33-32-49(45)54(40-23-11-3-12-24-40)41-25-13-4-14-26-41/h1-37H. The highest BCUT2D eigenvalue weighted by Crippen LogP contribution is 2.49. The molecule has 0 spiro atoms. The average Bonchev–Trinajstić information content (AvgIpc) is 3.63. The summed E-state index contributed by atoms with van der Waals surface area (Å²) in [7, 11) is 0. The van der Waals surface area contributed by atoms with Crippen molar-refractivity contribution < 1.29 is 0 Å². The van der Waals surface area contributed by atoms with Gasteiger partial charge in [0.25, 0.3) is 0 Å². The maximum absolute atomic E-state index is 2.44. The van der Waals surface area contributed by atoms with Crippen molar-refractivity contribution in [3.05, 3.63) is 224 Å². The average molecular weight is 736 g/mol. The minimum absolute atomic E-state index is 1.11. The number of thiophene rings is 1. The van der Waals surface area contributed by atoms with Crippen LogP contribution in [0.1, 0.15) is 0 Å². The minimum Gasteiger partial charge on any atom is -0.310 e. The van der Waals surface area contributed by atoms with E-state index in [1.54, 1.807) is 0 Å². The molecule has 266 valence electrons. The molecular weight excluding hydrogens is 699 g/mol. The Morgan fingerprint density at radius 1 is 0.232 bits per heavy atom. The van der Waals surface area contributed by atoms with Crippen molar-refractivity contribution in [1.29, 1.82) is 0 Å². The first kappa shape index (κ1) is 33.4. The van der Waals surface area contributed by atoms with Gasteiger partial charge in [-0.15, -0.1) is 11.3 Å². The van der Waals surface area contributed by atoms with Gasteiger partial charge in [-0.05, 0) is 115 Å². The van der Waals surface area contributed by atoms with Gasteiger partial charge < -0.3 is 14.7 Å². The van der Waals surface area contributed by atoms with Crippen molar-refractivity contribution in [2.24, 2.45) is 0 Å². The Kier molecular flexibility index (Phi) is 8.71. The van der Waals surface area contributed by atoms with Gasteiger partial charge >= 0.3 is 0 Å². The first-order valence-electron chi connectivity index (χ1n) is 18.9. The monoisotopic (exact) mass is 735 g/mol. The number of rotatable bonds is 9. The molecule has 0 saturated carbocycles. The first-order chi connectivity index (χ1) is 27.8. The van der Waals surface area contributed by atoms with Crippen molar-refractivity contribution in [3.63, 3.8) is 0 Å². The largest absolute Gasteiger partial charge is 0.310 e.